The molecule has 0 bridgehead atoms. The summed E-state index contributed by atoms with van der Waals surface area (Å²) in [6.07, 6.45) is 8.34. The number of rotatable bonds is 2. The van der Waals surface area contributed by atoms with Gasteiger partial charge in [0, 0.05) is 18.4 Å². The Labute approximate surface area is 91.3 Å². The second-order valence-corrected chi connectivity index (χ2v) is 4.78. The molecule has 0 aromatic heterocycles. The molecule has 2 rings (SSSR count). The van der Waals surface area contributed by atoms with Crippen molar-refractivity contribution < 1.29 is 10.2 Å². The van der Waals surface area contributed by atoms with Crippen LogP contribution in [0.2, 0.25) is 0 Å². The van der Waals surface area contributed by atoms with E-state index in [1.54, 1.807) is 0 Å². The Morgan fingerprint density at radius 1 is 1.40 bits per heavy atom. The molecule has 2 N–H and O–H groups in total. The molecule has 0 saturated carbocycles. The quantitative estimate of drug-likeness (QED) is 0.729. The fourth-order valence-electron chi connectivity index (χ4n) is 2.79. The van der Waals surface area contributed by atoms with E-state index in [0.717, 1.165) is 25.7 Å². The third-order valence-corrected chi connectivity index (χ3v) is 3.76. The molecule has 0 spiro atoms. The van der Waals surface area contributed by atoms with Crippen molar-refractivity contribution in [2.45, 2.75) is 38.7 Å². The van der Waals surface area contributed by atoms with Crippen LogP contribution in [0.1, 0.15) is 32.6 Å². The lowest BCUT2D eigenvalue weighted by Gasteiger charge is -2.18. The van der Waals surface area contributed by atoms with Crippen molar-refractivity contribution in [3.8, 4) is 0 Å². The summed E-state index contributed by atoms with van der Waals surface area (Å²) in [5.41, 5.74) is 2.86. The van der Waals surface area contributed by atoms with E-state index in [2.05, 4.69) is 12.2 Å². The van der Waals surface area contributed by atoms with Gasteiger partial charge in [0.05, 0.1) is 6.10 Å². The minimum atomic E-state index is -0.225. The van der Waals surface area contributed by atoms with E-state index in [1.165, 1.54) is 11.1 Å². The minimum Gasteiger partial charge on any atom is -0.396 e. The van der Waals surface area contributed by atoms with Crippen LogP contribution in [0.15, 0.2) is 23.3 Å². The Bertz CT molecular complexity index is 289. The first-order chi connectivity index (χ1) is 7.22. The minimum absolute atomic E-state index is 0.225. The molecule has 2 heteroatoms. The molecule has 0 saturated heterocycles. The van der Waals surface area contributed by atoms with Crippen molar-refractivity contribution in [1.82, 2.24) is 0 Å². The molecule has 2 nitrogen and oxygen atoms in total. The molecule has 0 heterocycles. The van der Waals surface area contributed by atoms with Crippen LogP contribution in [0.4, 0.5) is 0 Å². The molecular formula is C13H20O2. The Morgan fingerprint density at radius 3 is 2.87 bits per heavy atom. The SMILES string of the molecule is C[C@@H](O)[C@@H]1CCC2=C1CC[C@@H](CO)C=C2. The van der Waals surface area contributed by atoms with Gasteiger partial charge in [0.25, 0.3) is 0 Å². The van der Waals surface area contributed by atoms with Crippen LogP contribution in [0.3, 0.4) is 0 Å². The first-order valence-corrected chi connectivity index (χ1v) is 5.91. The summed E-state index contributed by atoms with van der Waals surface area (Å²) in [5, 5.41) is 18.8. The standard InChI is InChI=1S/C13H20O2/c1-9(15)12-7-5-11-4-2-10(8-14)3-6-13(11)12/h2,4,9-10,12,14-15H,3,5-8H2,1H3/t9-,10+,12+/m1/s1. The summed E-state index contributed by atoms with van der Waals surface area (Å²) in [7, 11) is 0. The highest BCUT2D eigenvalue weighted by Crippen LogP contribution is 2.40. The maximum Gasteiger partial charge on any atom is 0.0577 e. The average Bonchev–Trinajstić information content (AvgIpc) is 2.52. The first-order valence-electron chi connectivity index (χ1n) is 5.91. The molecule has 0 radical (unpaired) electrons. The first kappa shape index (κ1) is 10.9. The van der Waals surface area contributed by atoms with Crippen LogP contribution in [0, 0.1) is 11.8 Å². The number of aliphatic hydroxyl groups excluding tert-OH is 2. The average molecular weight is 208 g/mol. The molecule has 0 aromatic rings. The number of hydrogen-bond donors (Lipinski definition) is 2. The Balaban J connectivity index is 2.14. The van der Waals surface area contributed by atoms with Crippen molar-refractivity contribution >= 4 is 0 Å². The van der Waals surface area contributed by atoms with E-state index >= 15 is 0 Å². The second-order valence-electron chi connectivity index (χ2n) is 4.78. The summed E-state index contributed by atoms with van der Waals surface area (Å²) < 4.78 is 0. The number of allylic oxidation sites excluding steroid dienone is 2. The smallest absolute Gasteiger partial charge is 0.0577 e. The summed E-state index contributed by atoms with van der Waals surface area (Å²) in [6.45, 7) is 2.13. The van der Waals surface area contributed by atoms with E-state index in [4.69, 9.17) is 5.11 Å². The third-order valence-electron chi connectivity index (χ3n) is 3.76. The van der Waals surface area contributed by atoms with Crippen LogP contribution >= 0.6 is 0 Å². The molecule has 3 atom stereocenters. The van der Waals surface area contributed by atoms with Crippen molar-refractivity contribution in [3.63, 3.8) is 0 Å². The van der Waals surface area contributed by atoms with Crippen LogP contribution in [0.25, 0.3) is 0 Å². The molecule has 0 fully saturated rings. The highest BCUT2D eigenvalue weighted by Gasteiger charge is 2.29. The lowest BCUT2D eigenvalue weighted by Crippen LogP contribution is -2.16. The van der Waals surface area contributed by atoms with Gasteiger partial charge in [-0.05, 0) is 38.2 Å². The van der Waals surface area contributed by atoms with Gasteiger partial charge < -0.3 is 10.2 Å². The summed E-state index contributed by atoms with van der Waals surface area (Å²) >= 11 is 0. The van der Waals surface area contributed by atoms with Gasteiger partial charge in [0.15, 0.2) is 0 Å². The Hall–Kier alpha value is -0.600. The van der Waals surface area contributed by atoms with Gasteiger partial charge in [-0.15, -0.1) is 0 Å². The lowest BCUT2D eigenvalue weighted by molar-refractivity contribution is 0.141. The van der Waals surface area contributed by atoms with Crippen LogP contribution in [-0.2, 0) is 0 Å². The zero-order chi connectivity index (χ0) is 10.8. The van der Waals surface area contributed by atoms with Gasteiger partial charge in [-0.2, -0.15) is 0 Å². The van der Waals surface area contributed by atoms with Crippen molar-refractivity contribution in [1.29, 1.82) is 0 Å². The molecule has 2 aliphatic rings. The predicted octanol–water partition coefficient (Wildman–Crippen LogP) is 2.03. The van der Waals surface area contributed by atoms with Gasteiger partial charge in [-0.25, -0.2) is 0 Å². The summed E-state index contributed by atoms with van der Waals surface area (Å²) in [5.74, 6) is 0.673. The van der Waals surface area contributed by atoms with Gasteiger partial charge in [0.1, 0.15) is 0 Å². The molecule has 2 aliphatic carbocycles. The molecule has 15 heavy (non-hydrogen) atoms. The fraction of sp³-hybridized carbons (Fsp3) is 0.692. The maximum atomic E-state index is 9.70. The largest absolute Gasteiger partial charge is 0.396 e. The van der Waals surface area contributed by atoms with E-state index in [0.29, 0.717) is 11.8 Å². The van der Waals surface area contributed by atoms with E-state index in [9.17, 15) is 5.11 Å². The maximum absolute atomic E-state index is 9.70. The summed E-state index contributed by atoms with van der Waals surface area (Å²) in [4.78, 5) is 0. The van der Waals surface area contributed by atoms with Gasteiger partial charge in [-0.3, -0.25) is 0 Å². The van der Waals surface area contributed by atoms with Gasteiger partial charge in [0.2, 0.25) is 0 Å². The highest BCUT2D eigenvalue weighted by molar-refractivity contribution is 5.34. The van der Waals surface area contributed by atoms with Crippen molar-refractivity contribution in [2.24, 2.45) is 11.8 Å². The van der Waals surface area contributed by atoms with E-state index < -0.39 is 0 Å². The van der Waals surface area contributed by atoms with Crippen LogP contribution < -0.4 is 0 Å². The normalized spacial score (nSPS) is 32.7. The third kappa shape index (κ3) is 2.16. The molecule has 0 aliphatic heterocycles. The molecule has 0 aromatic carbocycles. The number of aliphatic hydroxyl groups is 2. The van der Waals surface area contributed by atoms with Gasteiger partial charge >= 0.3 is 0 Å². The Kier molecular flexibility index (Phi) is 3.27. The van der Waals surface area contributed by atoms with Crippen molar-refractivity contribution in [3.05, 3.63) is 23.3 Å². The van der Waals surface area contributed by atoms with Crippen molar-refractivity contribution in [2.75, 3.05) is 6.61 Å². The van der Waals surface area contributed by atoms with Crippen LogP contribution in [0.5, 0.6) is 0 Å². The molecule has 84 valence electrons. The second kappa shape index (κ2) is 4.50. The number of hydrogen-bond acceptors (Lipinski definition) is 2. The zero-order valence-electron chi connectivity index (χ0n) is 9.32. The molecule has 0 unspecified atom stereocenters. The van der Waals surface area contributed by atoms with Gasteiger partial charge in [-0.1, -0.05) is 17.7 Å². The lowest BCUT2D eigenvalue weighted by atomic mass is 9.91. The predicted molar refractivity (Wildman–Crippen MR) is 60.4 cm³/mol. The monoisotopic (exact) mass is 208 g/mol. The molecule has 0 amide bonds. The van der Waals surface area contributed by atoms with Crippen LogP contribution in [-0.4, -0.2) is 22.9 Å². The van der Waals surface area contributed by atoms with E-state index in [1.807, 2.05) is 6.92 Å². The van der Waals surface area contributed by atoms with E-state index in [-0.39, 0.29) is 12.7 Å². The Morgan fingerprint density at radius 2 is 2.20 bits per heavy atom. The topological polar surface area (TPSA) is 40.5 Å². The molecular weight excluding hydrogens is 188 g/mol. The summed E-state index contributed by atoms with van der Waals surface area (Å²) in [6, 6.07) is 0. The fourth-order valence-corrected chi connectivity index (χ4v) is 2.79. The zero-order valence-corrected chi connectivity index (χ0v) is 9.32. The highest BCUT2D eigenvalue weighted by atomic mass is 16.3.